The first-order valence-corrected chi connectivity index (χ1v) is 6.19. The van der Waals surface area contributed by atoms with Crippen LogP contribution in [0.2, 0.25) is 5.02 Å². The van der Waals surface area contributed by atoms with E-state index in [9.17, 15) is 0 Å². The van der Waals surface area contributed by atoms with Crippen molar-refractivity contribution in [1.82, 2.24) is 0 Å². The number of rotatable bonds is 4. The highest BCUT2D eigenvalue weighted by Crippen LogP contribution is 2.24. The minimum absolute atomic E-state index is 0.0869. The van der Waals surface area contributed by atoms with Crippen molar-refractivity contribution in [1.29, 1.82) is 0 Å². The summed E-state index contributed by atoms with van der Waals surface area (Å²) in [4.78, 5) is 0. The molecule has 84 valence electrons. The number of hydrogen-bond acceptors (Lipinski definition) is 1. The summed E-state index contributed by atoms with van der Waals surface area (Å²) in [5, 5.41) is 0.747. The van der Waals surface area contributed by atoms with Gasteiger partial charge in [-0.1, -0.05) is 40.5 Å². The van der Waals surface area contributed by atoms with Gasteiger partial charge in [0, 0.05) is 9.50 Å². The number of hydrogen-bond donors (Lipinski definition) is 0. The van der Waals surface area contributed by atoms with Crippen LogP contribution in [-0.4, -0.2) is 5.60 Å². The molecule has 0 radical (unpaired) electrons. The van der Waals surface area contributed by atoms with Crippen molar-refractivity contribution in [2.24, 2.45) is 0 Å². The van der Waals surface area contributed by atoms with E-state index in [4.69, 9.17) is 16.3 Å². The maximum absolute atomic E-state index is 6.09. The molecule has 1 rings (SSSR count). The molecule has 0 spiro atoms. The van der Waals surface area contributed by atoms with Crippen molar-refractivity contribution in [2.75, 3.05) is 0 Å². The molecule has 0 heterocycles. The second kappa shape index (κ2) is 5.33. The molecule has 0 aliphatic heterocycles. The Morgan fingerprint density at radius 2 is 2.07 bits per heavy atom. The summed E-state index contributed by atoms with van der Waals surface area (Å²) in [6.45, 7) is 6.84. The molecule has 0 unspecified atom stereocenters. The lowest BCUT2D eigenvalue weighted by molar-refractivity contribution is -0.0315. The third-order valence-corrected chi connectivity index (χ3v) is 3.33. The van der Waals surface area contributed by atoms with Crippen LogP contribution in [0.1, 0.15) is 32.8 Å². The highest BCUT2D eigenvalue weighted by atomic mass is 79.9. The molecule has 1 aromatic carbocycles. The van der Waals surface area contributed by atoms with E-state index in [0.29, 0.717) is 6.61 Å². The van der Waals surface area contributed by atoms with Gasteiger partial charge < -0.3 is 4.74 Å². The van der Waals surface area contributed by atoms with Crippen LogP contribution in [0.4, 0.5) is 0 Å². The molecule has 0 aromatic heterocycles. The fourth-order valence-corrected chi connectivity index (χ4v) is 1.74. The van der Waals surface area contributed by atoms with Gasteiger partial charge in [0.25, 0.3) is 0 Å². The van der Waals surface area contributed by atoms with Crippen molar-refractivity contribution < 1.29 is 4.74 Å². The van der Waals surface area contributed by atoms with Crippen LogP contribution in [-0.2, 0) is 11.3 Å². The van der Waals surface area contributed by atoms with E-state index in [1.165, 1.54) is 0 Å². The zero-order chi connectivity index (χ0) is 11.5. The lowest BCUT2D eigenvalue weighted by Crippen LogP contribution is -2.22. The van der Waals surface area contributed by atoms with Crippen LogP contribution in [0.25, 0.3) is 0 Å². The van der Waals surface area contributed by atoms with Crippen LogP contribution in [0.5, 0.6) is 0 Å². The Morgan fingerprint density at radius 1 is 1.40 bits per heavy atom. The summed E-state index contributed by atoms with van der Waals surface area (Å²) in [5.41, 5.74) is 0.942. The van der Waals surface area contributed by atoms with Crippen molar-refractivity contribution in [3.63, 3.8) is 0 Å². The van der Waals surface area contributed by atoms with Crippen molar-refractivity contribution in [2.45, 2.75) is 39.4 Å². The molecule has 0 fully saturated rings. The normalized spacial score (nSPS) is 11.8. The maximum Gasteiger partial charge on any atom is 0.0738 e. The van der Waals surface area contributed by atoms with Crippen molar-refractivity contribution >= 4 is 27.5 Å². The number of benzene rings is 1. The predicted molar refractivity (Wildman–Crippen MR) is 68.3 cm³/mol. The van der Waals surface area contributed by atoms with Gasteiger partial charge in [0.05, 0.1) is 12.2 Å². The van der Waals surface area contributed by atoms with Gasteiger partial charge in [-0.3, -0.25) is 0 Å². The molecule has 15 heavy (non-hydrogen) atoms. The van der Waals surface area contributed by atoms with E-state index in [0.717, 1.165) is 21.5 Å². The second-order valence-corrected chi connectivity index (χ2v) is 5.46. The second-order valence-electron chi connectivity index (χ2n) is 4.14. The van der Waals surface area contributed by atoms with Crippen LogP contribution in [0.3, 0.4) is 0 Å². The third-order valence-electron chi connectivity index (χ3n) is 2.48. The minimum atomic E-state index is -0.0869. The molecule has 0 bridgehead atoms. The average molecular weight is 292 g/mol. The highest BCUT2D eigenvalue weighted by molar-refractivity contribution is 9.10. The predicted octanol–water partition coefficient (Wildman–Crippen LogP) is 4.81. The van der Waals surface area contributed by atoms with E-state index >= 15 is 0 Å². The highest BCUT2D eigenvalue weighted by Gasteiger charge is 2.15. The van der Waals surface area contributed by atoms with Gasteiger partial charge in [-0.05, 0) is 38.0 Å². The van der Waals surface area contributed by atoms with Gasteiger partial charge in [0.1, 0.15) is 0 Å². The first kappa shape index (κ1) is 13.0. The summed E-state index contributed by atoms with van der Waals surface area (Å²) in [6.07, 6.45) is 0.987. The van der Waals surface area contributed by atoms with Crippen LogP contribution < -0.4 is 0 Å². The lowest BCUT2D eigenvalue weighted by Gasteiger charge is -2.23. The summed E-state index contributed by atoms with van der Waals surface area (Å²) in [7, 11) is 0. The molecule has 1 aromatic rings. The first-order valence-electron chi connectivity index (χ1n) is 5.02. The van der Waals surface area contributed by atoms with E-state index in [-0.39, 0.29) is 5.60 Å². The van der Waals surface area contributed by atoms with E-state index in [1.807, 2.05) is 18.2 Å². The summed E-state index contributed by atoms with van der Waals surface area (Å²) >= 11 is 9.47. The van der Waals surface area contributed by atoms with Crippen molar-refractivity contribution in [3.8, 4) is 0 Å². The van der Waals surface area contributed by atoms with E-state index in [1.54, 1.807) is 0 Å². The molecule has 0 aliphatic rings. The maximum atomic E-state index is 6.09. The van der Waals surface area contributed by atoms with Gasteiger partial charge in [-0.15, -0.1) is 0 Å². The largest absolute Gasteiger partial charge is 0.371 e. The summed E-state index contributed by atoms with van der Waals surface area (Å²) in [6, 6.07) is 5.85. The minimum Gasteiger partial charge on any atom is -0.371 e. The zero-order valence-electron chi connectivity index (χ0n) is 9.31. The Labute approximate surface area is 105 Å². The molecule has 0 aliphatic carbocycles. The standard InChI is InChI=1S/C12H16BrClO/c1-4-12(2,3)15-8-9-5-6-10(13)7-11(9)14/h5-7H,4,8H2,1-3H3. The Balaban J connectivity index is 2.66. The molecule has 0 atom stereocenters. The van der Waals surface area contributed by atoms with Gasteiger partial charge in [0.2, 0.25) is 0 Å². The molecular weight excluding hydrogens is 275 g/mol. The monoisotopic (exact) mass is 290 g/mol. The average Bonchev–Trinajstić information content (AvgIpc) is 2.16. The van der Waals surface area contributed by atoms with Crippen LogP contribution in [0, 0.1) is 0 Å². The van der Waals surface area contributed by atoms with Crippen LogP contribution in [0.15, 0.2) is 22.7 Å². The molecule has 0 saturated carbocycles. The van der Waals surface area contributed by atoms with Gasteiger partial charge in [-0.2, -0.15) is 0 Å². The van der Waals surface area contributed by atoms with Gasteiger partial charge in [0.15, 0.2) is 0 Å². The first-order chi connectivity index (χ1) is 6.94. The Kier molecular flexibility index (Phi) is 4.63. The molecule has 0 amide bonds. The molecule has 0 saturated heterocycles. The molecular formula is C12H16BrClO. The van der Waals surface area contributed by atoms with Crippen molar-refractivity contribution in [3.05, 3.63) is 33.3 Å². The number of halogens is 2. The Morgan fingerprint density at radius 3 is 2.60 bits per heavy atom. The van der Waals surface area contributed by atoms with Gasteiger partial charge in [-0.25, -0.2) is 0 Å². The number of ether oxygens (including phenoxy) is 1. The fourth-order valence-electron chi connectivity index (χ4n) is 1.01. The quantitative estimate of drug-likeness (QED) is 0.773. The van der Waals surface area contributed by atoms with Gasteiger partial charge >= 0.3 is 0 Å². The fraction of sp³-hybridized carbons (Fsp3) is 0.500. The van der Waals surface area contributed by atoms with E-state index < -0.39 is 0 Å². The topological polar surface area (TPSA) is 9.23 Å². The Bertz CT molecular complexity index is 336. The third kappa shape index (κ3) is 4.13. The molecule has 3 heteroatoms. The SMILES string of the molecule is CCC(C)(C)OCc1ccc(Br)cc1Cl. The molecule has 1 nitrogen and oxygen atoms in total. The summed E-state index contributed by atoms with van der Waals surface area (Å²) < 4.78 is 6.78. The Hall–Kier alpha value is -0.0500. The summed E-state index contributed by atoms with van der Waals surface area (Å²) in [5.74, 6) is 0. The lowest BCUT2D eigenvalue weighted by atomic mass is 10.1. The zero-order valence-corrected chi connectivity index (χ0v) is 11.7. The van der Waals surface area contributed by atoms with Crippen LogP contribution >= 0.6 is 27.5 Å². The molecule has 0 N–H and O–H groups in total. The smallest absolute Gasteiger partial charge is 0.0738 e. The van der Waals surface area contributed by atoms with E-state index in [2.05, 4.69) is 36.7 Å².